The van der Waals surface area contributed by atoms with Crippen LogP contribution in [0.2, 0.25) is 0 Å². The van der Waals surface area contributed by atoms with Gasteiger partial charge in [0.05, 0.1) is 17.4 Å². The summed E-state index contributed by atoms with van der Waals surface area (Å²) in [5, 5.41) is 12.8. The molecule has 0 spiro atoms. The lowest BCUT2D eigenvalue weighted by molar-refractivity contribution is 0.473. The Labute approximate surface area is 114 Å². The molecule has 3 N–H and O–H groups in total. The van der Waals surface area contributed by atoms with Gasteiger partial charge < -0.3 is 11.1 Å². The quantitative estimate of drug-likeness (QED) is 0.801. The first kappa shape index (κ1) is 13.7. The van der Waals surface area contributed by atoms with Gasteiger partial charge in [0.1, 0.15) is 0 Å². The van der Waals surface area contributed by atoms with Crippen LogP contribution in [0.4, 0.5) is 5.69 Å². The van der Waals surface area contributed by atoms with Crippen LogP contribution in [0.5, 0.6) is 0 Å². The average Bonchev–Trinajstić information content (AvgIpc) is 2.45. The molecule has 4 heteroatoms. The van der Waals surface area contributed by atoms with Crippen molar-refractivity contribution in [2.75, 3.05) is 18.4 Å². The molecule has 1 unspecified atom stereocenters. The number of fused-ring (bicyclic) bond motifs is 1. The summed E-state index contributed by atoms with van der Waals surface area (Å²) in [7, 11) is 0. The van der Waals surface area contributed by atoms with Crippen molar-refractivity contribution in [3.63, 3.8) is 0 Å². The monoisotopic (exact) mass is 258 g/mol. The van der Waals surface area contributed by atoms with Gasteiger partial charge in [-0.1, -0.05) is 31.5 Å². The van der Waals surface area contributed by atoms with E-state index in [4.69, 9.17) is 5.73 Å². The van der Waals surface area contributed by atoms with E-state index in [0.29, 0.717) is 5.92 Å². The van der Waals surface area contributed by atoms with Gasteiger partial charge in [-0.2, -0.15) is 10.2 Å². The molecule has 1 heterocycles. The van der Waals surface area contributed by atoms with Crippen LogP contribution in [0.15, 0.2) is 30.5 Å². The van der Waals surface area contributed by atoms with Crippen molar-refractivity contribution in [1.29, 1.82) is 0 Å². The number of hydrogen-bond donors (Lipinski definition) is 2. The van der Waals surface area contributed by atoms with Crippen molar-refractivity contribution in [2.45, 2.75) is 26.2 Å². The molecule has 0 amide bonds. The molecule has 0 saturated heterocycles. The molecule has 1 atom stereocenters. The Bertz CT molecular complexity index is 501. The van der Waals surface area contributed by atoms with Crippen molar-refractivity contribution in [1.82, 2.24) is 10.2 Å². The lowest BCUT2D eigenvalue weighted by Crippen LogP contribution is -2.18. The van der Waals surface area contributed by atoms with Crippen LogP contribution < -0.4 is 11.1 Å². The molecule has 0 bridgehead atoms. The first-order valence-electron chi connectivity index (χ1n) is 6.99. The van der Waals surface area contributed by atoms with Crippen molar-refractivity contribution in [3.8, 4) is 0 Å². The summed E-state index contributed by atoms with van der Waals surface area (Å²) < 4.78 is 0. The minimum atomic E-state index is 0.627. The molecule has 102 valence electrons. The molecule has 0 fully saturated rings. The van der Waals surface area contributed by atoms with Crippen LogP contribution in [-0.2, 0) is 0 Å². The minimum Gasteiger partial charge on any atom is -0.383 e. The third-order valence-electron chi connectivity index (χ3n) is 3.40. The summed E-state index contributed by atoms with van der Waals surface area (Å²) in [5.41, 5.74) is 7.66. The Morgan fingerprint density at radius 3 is 2.89 bits per heavy atom. The fourth-order valence-corrected chi connectivity index (χ4v) is 2.39. The number of nitrogens with one attached hydrogen (secondary N) is 1. The van der Waals surface area contributed by atoms with E-state index in [1.165, 1.54) is 12.8 Å². The smallest absolute Gasteiger partial charge is 0.0950 e. The molecule has 19 heavy (non-hydrogen) atoms. The number of benzene rings is 1. The zero-order valence-electron chi connectivity index (χ0n) is 11.5. The Hall–Kier alpha value is -1.68. The highest BCUT2D eigenvalue weighted by atomic mass is 15.1. The Kier molecular flexibility index (Phi) is 5.10. The first-order valence-corrected chi connectivity index (χ1v) is 6.99. The average molecular weight is 258 g/mol. The van der Waals surface area contributed by atoms with Gasteiger partial charge >= 0.3 is 0 Å². The normalized spacial score (nSPS) is 12.5. The first-order chi connectivity index (χ1) is 9.35. The molecule has 2 rings (SSSR count). The van der Waals surface area contributed by atoms with E-state index in [2.05, 4.69) is 28.5 Å². The number of rotatable bonds is 7. The number of hydrogen-bond acceptors (Lipinski definition) is 4. The van der Waals surface area contributed by atoms with Crippen LogP contribution in [-0.4, -0.2) is 23.3 Å². The maximum Gasteiger partial charge on any atom is 0.0950 e. The highest BCUT2D eigenvalue weighted by molar-refractivity contribution is 5.90. The van der Waals surface area contributed by atoms with E-state index in [9.17, 15) is 0 Å². The lowest BCUT2D eigenvalue weighted by Gasteiger charge is -2.17. The largest absolute Gasteiger partial charge is 0.383 e. The summed E-state index contributed by atoms with van der Waals surface area (Å²) >= 11 is 0. The molecule has 0 aliphatic heterocycles. The van der Waals surface area contributed by atoms with E-state index in [0.717, 1.165) is 36.1 Å². The topological polar surface area (TPSA) is 63.8 Å². The highest BCUT2D eigenvalue weighted by Crippen LogP contribution is 2.21. The fraction of sp³-hybridized carbons (Fsp3) is 0.467. The molecule has 0 radical (unpaired) electrons. The van der Waals surface area contributed by atoms with E-state index in [1.807, 2.05) is 18.2 Å². The third kappa shape index (κ3) is 3.64. The highest BCUT2D eigenvalue weighted by Gasteiger charge is 2.08. The van der Waals surface area contributed by atoms with Gasteiger partial charge in [0.15, 0.2) is 0 Å². The second kappa shape index (κ2) is 7.04. The number of nitrogens with zero attached hydrogens (tertiary/aromatic N) is 2. The molecular weight excluding hydrogens is 236 g/mol. The molecular formula is C15H22N4. The number of nitrogens with two attached hydrogens (primary N) is 1. The van der Waals surface area contributed by atoms with Crippen LogP contribution in [0.1, 0.15) is 26.2 Å². The van der Waals surface area contributed by atoms with Crippen molar-refractivity contribution >= 4 is 16.6 Å². The molecule has 0 aliphatic carbocycles. The summed E-state index contributed by atoms with van der Waals surface area (Å²) in [5.74, 6) is 0.627. The van der Waals surface area contributed by atoms with Crippen molar-refractivity contribution < 1.29 is 0 Å². The molecule has 2 aromatic rings. The molecule has 0 saturated carbocycles. The summed E-state index contributed by atoms with van der Waals surface area (Å²) in [6, 6.07) is 8.06. The predicted molar refractivity (Wildman–Crippen MR) is 80.1 cm³/mol. The Morgan fingerprint density at radius 2 is 2.11 bits per heavy atom. The van der Waals surface area contributed by atoms with Gasteiger partial charge in [0, 0.05) is 11.9 Å². The van der Waals surface area contributed by atoms with Gasteiger partial charge in [-0.3, -0.25) is 0 Å². The second-order valence-corrected chi connectivity index (χ2v) is 4.89. The third-order valence-corrected chi connectivity index (χ3v) is 3.40. The number of anilines is 1. The standard InChI is InChI=1S/C15H22N4/c1-2-5-12(8-9-16)10-17-15-11-18-19-14-7-4-3-6-13(14)15/h3-4,6-7,11-12H,2,5,8-10,16H2,1H3,(H,17,19). The van der Waals surface area contributed by atoms with E-state index >= 15 is 0 Å². The van der Waals surface area contributed by atoms with E-state index < -0.39 is 0 Å². The number of aromatic nitrogens is 2. The SMILES string of the molecule is CCCC(CCN)CNc1cnnc2ccccc12. The van der Waals surface area contributed by atoms with Gasteiger partial charge in [-0.05, 0) is 31.4 Å². The minimum absolute atomic E-state index is 0.627. The Morgan fingerprint density at radius 1 is 1.26 bits per heavy atom. The van der Waals surface area contributed by atoms with Gasteiger partial charge in [-0.15, -0.1) is 0 Å². The Balaban J connectivity index is 2.08. The zero-order chi connectivity index (χ0) is 13.5. The summed E-state index contributed by atoms with van der Waals surface area (Å²) in [6.45, 7) is 3.91. The molecule has 1 aromatic heterocycles. The van der Waals surface area contributed by atoms with Crippen LogP contribution in [0.25, 0.3) is 10.9 Å². The van der Waals surface area contributed by atoms with Crippen LogP contribution in [0, 0.1) is 5.92 Å². The van der Waals surface area contributed by atoms with Crippen LogP contribution in [0.3, 0.4) is 0 Å². The molecule has 0 aliphatic rings. The summed E-state index contributed by atoms with van der Waals surface area (Å²) in [4.78, 5) is 0. The fourth-order valence-electron chi connectivity index (χ4n) is 2.39. The maximum atomic E-state index is 5.67. The summed E-state index contributed by atoms with van der Waals surface area (Å²) in [6.07, 6.45) is 5.27. The van der Waals surface area contributed by atoms with E-state index in [-0.39, 0.29) is 0 Å². The predicted octanol–water partition coefficient (Wildman–Crippen LogP) is 2.81. The second-order valence-electron chi connectivity index (χ2n) is 4.89. The van der Waals surface area contributed by atoms with Gasteiger partial charge in [-0.25, -0.2) is 0 Å². The zero-order valence-corrected chi connectivity index (χ0v) is 11.5. The van der Waals surface area contributed by atoms with Crippen molar-refractivity contribution in [2.24, 2.45) is 11.7 Å². The van der Waals surface area contributed by atoms with Gasteiger partial charge in [0.25, 0.3) is 0 Å². The molecule has 4 nitrogen and oxygen atoms in total. The maximum absolute atomic E-state index is 5.67. The van der Waals surface area contributed by atoms with Crippen LogP contribution >= 0.6 is 0 Å². The molecule has 1 aromatic carbocycles. The lowest BCUT2D eigenvalue weighted by atomic mass is 10.00. The van der Waals surface area contributed by atoms with E-state index in [1.54, 1.807) is 6.20 Å². The van der Waals surface area contributed by atoms with Crippen molar-refractivity contribution in [3.05, 3.63) is 30.5 Å². The van der Waals surface area contributed by atoms with Gasteiger partial charge in [0.2, 0.25) is 0 Å².